The molecule has 1 saturated carbocycles. The van der Waals surface area contributed by atoms with Crippen LogP contribution in [0.5, 0.6) is 5.75 Å². The molecule has 0 bridgehead atoms. The van der Waals surface area contributed by atoms with Crippen molar-refractivity contribution < 1.29 is 19.1 Å². The minimum atomic E-state index is -0.593. The summed E-state index contributed by atoms with van der Waals surface area (Å²) in [6, 6.07) is 5.41. The molecule has 3 aliphatic rings. The highest BCUT2D eigenvalue weighted by molar-refractivity contribution is 6.05. The van der Waals surface area contributed by atoms with Gasteiger partial charge in [0.2, 0.25) is 11.8 Å². The number of benzene rings is 1. The first kappa shape index (κ1) is 21.8. The van der Waals surface area contributed by atoms with Gasteiger partial charge in [-0.15, -0.1) is 0 Å². The zero-order valence-corrected chi connectivity index (χ0v) is 18.9. The summed E-state index contributed by atoms with van der Waals surface area (Å²) in [6.07, 6.45) is 2.83. The van der Waals surface area contributed by atoms with Gasteiger partial charge in [0.25, 0.3) is 5.91 Å². The summed E-state index contributed by atoms with van der Waals surface area (Å²) in [7, 11) is 0. The van der Waals surface area contributed by atoms with Crippen LogP contribution in [-0.4, -0.2) is 58.8 Å². The molecule has 0 radical (unpaired) electrons. The maximum atomic E-state index is 12.9. The Kier molecular flexibility index (Phi) is 5.81. The van der Waals surface area contributed by atoms with E-state index in [9.17, 15) is 14.4 Å². The molecule has 1 aliphatic carbocycles. The first-order valence-corrected chi connectivity index (χ1v) is 11.4. The lowest BCUT2D eigenvalue weighted by atomic mass is 9.91. The Morgan fingerprint density at radius 3 is 2.58 bits per heavy atom. The van der Waals surface area contributed by atoms with Gasteiger partial charge in [-0.1, -0.05) is 27.7 Å². The van der Waals surface area contributed by atoms with Crippen LogP contribution in [0.2, 0.25) is 0 Å². The fourth-order valence-electron chi connectivity index (χ4n) is 5.44. The third-order valence-electron chi connectivity index (χ3n) is 7.01. The van der Waals surface area contributed by atoms with Crippen molar-refractivity contribution in [3.8, 4) is 5.75 Å². The van der Waals surface area contributed by atoms with Crippen molar-refractivity contribution in [1.82, 2.24) is 15.1 Å². The van der Waals surface area contributed by atoms with Gasteiger partial charge in [-0.2, -0.15) is 0 Å². The molecule has 2 fully saturated rings. The number of imide groups is 1. The van der Waals surface area contributed by atoms with E-state index in [1.807, 2.05) is 18.2 Å². The Morgan fingerprint density at radius 1 is 1.16 bits per heavy atom. The van der Waals surface area contributed by atoms with Gasteiger partial charge in [0.15, 0.2) is 0 Å². The van der Waals surface area contributed by atoms with Gasteiger partial charge in [-0.25, -0.2) is 0 Å². The molecule has 0 aromatic heterocycles. The van der Waals surface area contributed by atoms with E-state index in [1.54, 1.807) is 4.90 Å². The van der Waals surface area contributed by atoms with Crippen LogP contribution in [0.15, 0.2) is 18.2 Å². The number of rotatable bonds is 6. The van der Waals surface area contributed by atoms with E-state index in [-0.39, 0.29) is 35.7 Å². The highest BCUT2D eigenvalue weighted by atomic mass is 16.5. The number of nitrogens with one attached hydrogen (secondary N) is 1. The second-order valence-electron chi connectivity index (χ2n) is 9.74. The minimum Gasteiger partial charge on any atom is -0.489 e. The molecule has 1 aromatic carbocycles. The number of likely N-dealkylation sites (N-methyl/N-ethyl adjacent to an activating group) is 1. The fourth-order valence-corrected chi connectivity index (χ4v) is 5.44. The van der Waals surface area contributed by atoms with E-state index in [4.69, 9.17) is 4.74 Å². The lowest BCUT2D eigenvalue weighted by Gasteiger charge is -2.31. The first-order valence-electron chi connectivity index (χ1n) is 11.4. The Hall–Kier alpha value is -2.41. The van der Waals surface area contributed by atoms with Crippen molar-refractivity contribution in [2.24, 2.45) is 5.41 Å². The summed E-state index contributed by atoms with van der Waals surface area (Å²) in [5.74, 6) is -0.0388. The number of amides is 3. The average molecular weight is 428 g/mol. The van der Waals surface area contributed by atoms with E-state index >= 15 is 0 Å². The van der Waals surface area contributed by atoms with Gasteiger partial charge in [-0.05, 0) is 61.5 Å². The molecule has 1 saturated heterocycles. The summed E-state index contributed by atoms with van der Waals surface area (Å²) in [6.45, 7) is 11.3. The van der Waals surface area contributed by atoms with Crippen LogP contribution in [0.3, 0.4) is 0 Å². The van der Waals surface area contributed by atoms with Gasteiger partial charge in [0, 0.05) is 24.6 Å². The molecule has 1 N–H and O–H groups in total. The number of ether oxygens (including phenoxy) is 1. The van der Waals surface area contributed by atoms with Gasteiger partial charge >= 0.3 is 0 Å². The minimum absolute atomic E-state index is 0.108. The molecular weight excluding hydrogens is 394 g/mol. The molecular formula is C24H33N3O4. The normalized spacial score (nSPS) is 27.6. The van der Waals surface area contributed by atoms with Crippen molar-refractivity contribution in [3.63, 3.8) is 0 Å². The first-order chi connectivity index (χ1) is 14.7. The summed E-state index contributed by atoms with van der Waals surface area (Å²) in [4.78, 5) is 40.6. The third-order valence-corrected chi connectivity index (χ3v) is 7.01. The van der Waals surface area contributed by atoms with Gasteiger partial charge in [0.05, 0.1) is 0 Å². The number of hydrogen-bond donors (Lipinski definition) is 1. The number of piperidine rings is 1. The number of carbonyl (C=O) groups excluding carboxylic acids is 3. The molecule has 3 atom stereocenters. The van der Waals surface area contributed by atoms with Crippen LogP contribution in [0, 0.1) is 5.41 Å². The maximum Gasteiger partial charge on any atom is 0.255 e. The Bertz CT molecular complexity index is 893. The number of hydrogen-bond acceptors (Lipinski definition) is 5. The van der Waals surface area contributed by atoms with Crippen LogP contribution in [0.1, 0.15) is 69.3 Å². The second kappa shape index (κ2) is 8.26. The molecule has 3 amide bonds. The Morgan fingerprint density at radius 2 is 1.90 bits per heavy atom. The third kappa shape index (κ3) is 4.20. The van der Waals surface area contributed by atoms with Crippen molar-refractivity contribution in [2.45, 2.75) is 78.1 Å². The maximum absolute atomic E-state index is 12.9. The molecule has 31 heavy (non-hydrogen) atoms. The highest BCUT2D eigenvalue weighted by Crippen LogP contribution is 2.42. The van der Waals surface area contributed by atoms with E-state index in [0.29, 0.717) is 24.6 Å². The summed E-state index contributed by atoms with van der Waals surface area (Å²) in [5.41, 5.74) is 1.72. The van der Waals surface area contributed by atoms with Crippen LogP contribution in [-0.2, 0) is 16.1 Å². The molecule has 168 valence electrons. The second-order valence-corrected chi connectivity index (χ2v) is 9.74. The quantitative estimate of drug-likeness (QED) is 0.707. The van der Waals surface area contributed by atoms with E-state index in [0.717, 1.165) is 37.2 Å². The molecule has 1 unspecified atom stereocenters. The van der Waals surface area contributed by atoms with Crippen LogP contribution in [0.25, 0.3) is 0 Å². The van der Waals surface area contributed by atoms with Crippen molar-refractivity contribution >= 4 is 17.7 Å². The van der Waals surface area contributed by atoms with E-state index < -0.39 is 6.04 Å². The summed E-state index contributed by atoms with van der Waals surface area (Å²) < 4.78 is 6.49. The highest BCUT2D eigenvalue weighted by Gasteiger charge is 2.43. The van der Waals surface area contributed by atoms with Crippen molar-refractivity contribution in [2.75, 3.05) is 13.1 Å². The molecule has 7 nitrogen and oxygen atoms in total. The summed E-state index contributed by atoms with van der Waals surface area (Å²) >= 11 is 0. The fraction of sp³-hybridized carbons (Fsp3) is 0.625. The SMILES string of the molecule is CCN(CC)[C@@H]1CC(C)(C)C[C@@H]1Oc1ccc2c(c1)CN(C1CCC(=O)NC1=O)C2=O. The smallest absolute Gasteiger partial charge is 0.255 e. The van der Waals surface area contributed by atoms with Crippen LogP contribution < -0.4 is 10.1 Å². The zero-order chi connectivity index (χ0) is 22.3. The number of nitrogens with zero attached hydrogens (tertiary/aromatic N) is 2. The predicted octanol–water partition coefficient (Wildman–Crippen LogP) is 2.73. The van der Waals surface area contributed by atoms with Crippen LogP contribution >= 0.6 is 0 Å². The number of carbonyl (C=O) groups is 3. The molecule has 1 aromatic rings. The van der Waals surface area contributed by atoms with Crippen LogP contribution in [0.4, 0.5) is 0 Å². The Labute approximate surface area is 184 Å². The predicted molar refractivity (Wildman–Crippen MR) is 117 cm³/mol. The van der Waals surface area contributed by atoms with E-state index in [1.165, 1.54) is 0 Å². The summed E-state index contributed by atoms with van der Waals surface area (Å²) in [5, 5.41) is 2.35. The van der Waals surface area contributed by atoms with Crippen molar-refractivity contribution in [3.05, 3.63) is 29.3 Å². The average Bonchev–Trinajstić information content (AvgIpc) is 3.19. The zero-order valence-electron chi connectivity index (χ0n) is 18.9. The monoisotopic (exact) mass is 427 g/mol. The number of fused-ring (bicyclic) bond motifs is 1. The molecule has 4 rings (SSSR count). The molecule has 2 heterocycles. The molecule has 0 spiro atoms. The lowest BCUT2D eigenvalue weighted by Crippen LogP contribution is -2.52. The van der Waals surface area contributed by atoms with Gasteiger partial charge in [0.1, 0.15) is 17.9 Å². The molecule has 7 heteroatoms. The standard InChI is InChI=1S/C24H33N3O4/c1-5-26(6-2)19-12-24(3,4)13-20(19)31-16-7-8-17-15(11-16)14-27(23(17)30)18-9-10-21(28)25-22(18)29/h7-8,11,18-20H,5-6,9-10,12-14H2,1-4H3,(H,25,28,29)/t18?,19-,20+/m1/s1. The lowest BCUT2D eigenvalue weighted by molar-refractivity contribution is -0.136. The Balaban J connectivity index is 1.51. The largest absolute Gasteiger partial charge is 0.489 e. The van der Waals surface area contributed by atoms with Gasteiger partial charge in [-0.3, -0.25) is 24.6 Å². The van der Waals surface area contributed by atoms with Crippen molar-refractivity contribution in [1.29, 1.82) is 0 Å². The topological polar surface area (TPSA) is 79.0 Å². The molecule has 2 aliphatic heterocycles. The van der Waals surface area contributed by atoms with E-state index in [2.05, 4.69) is 37.9 Å². The van der Waals surface area contributed by atoms with Gasteiger partial charge < -0.3 is 9.64 Å².